The average Bonchev–Trinajstić information content (AvgIpc) is 2.69. The molecule has 2 N–H and O–H groups in total. The minimum absolute atomic E-state index is 0. The van der Waals surface area contributed by atoms with E-state index >= 15 is 0 Å². The van der Waals surface area contributed by atoms with Gasteiger partial charge in [-0.2, -0.15) is 0 Å². The van der Waals surface area contributed by atoms with Crippen molar-refractivity contribution >= 4 is 29.9 Å². The molecule has 27 heavy (non-hydrogen) atoms. The van der Waals surface area contributed by atoms with Crippen LogP contribution in [-0.4, -0.2) is 64.4 Å². The molecule has 0 aliphatic carbocycles. The van der Waals surface area contributed by atoms with E-state index in [1.54, 1.807) is 14.2 Å². The van der Waals surface area contributed by atoms with Gasteiger partial charge in [-0.1, -0.05) is 18.2 Å². The van der Waals surface area contributed by atoms with E-state index in [0.29, 0.717) is 12.5 Å². The summed E-state index contributed by atoms with van der Waals surface area (Å²) in [5.41, 5.74) is 1.10. The molecule has 1 aromatic rings. The molecule has 0 atom stereocenters. The number of hydrogen-bond acceptors (Lipinski definition) is 4. The Hall–Kier alpha value is -1.06. The van der Waals surface area contributed by atoms with Gasteiger partial charge < -0.3 is 25.0 Å². The van der Waals surface area contributed by atoms with Crippen molar-refractivity contribution in [2.75, 3.05) is 53.6 Å². The number of nitrogens with one attached hydrogen (secondary N) is 2. The number of guanidine groups is 1. The first-order valence-electron chi connectivity index (χ1n) is 9.62. The van der Waals surface area contributed by atoms with Gasteiger partial charge in [0.2, 0.25) is 0 Å². The number of likely N-dealkylation sites (tertiary alicyclic amines) is 1. The summed E-state index contributed by atoms with van der Waals surface area (Å²) in [6.45, 7) is 8.70. The number of rotatable bonds is 9. The van der Waals surface area contributed by atoms with Crippen LogP contribution in [0.5, 0.6) is 5.75 Å². The average molecular weight is 490 g/mol. The summed E-state index contributed by atoms with van der Waals surface area (Å²) < 4.78 is 10.6. The number of piperidine rings is 1. The van der Waals surface area contributed by atoms with Crippen LogP contribution in [0.1, 0.15) is 25.3 Å². The maximum atomic E-state index is 5.41. The highest BCUT2D eigenvalue weighted by atomic mass is 127. The van der Waals surface area contributed by atoms with Gasteiger partial charge in [0.1, 0.15) is 5.75 Å². The molecule has 0 unspecified atom stereocenters. The summed E-state index contributed by atoms with van der Waals surface area (Å²) in [7, 11) is 3.47. The van der Waals surface area contributed by atoms with Crippen LogP contribution in [0.2, 0.25) is 0 Å². The molecule has 7 heteroatoms. The first kappa shape index (κ1) is 24.0. The van der Waals surface area contributed by atoms with Crippen LogP contribution in [0.15, 0.2) is 29.3 Å². The van der Waals surface area contributed by atoms with Crippen molar-refractivity contribution in [3.63, 3.8) is 0 Å². The van der Waals surface area contributed by atoms with Crippen LogP contribution in [0.3, 0.4) is 0 Å². The van der Waals surface area contributed by atoms with Crippen molar-refractivity contribution in [2.45, 2.75) is 26.3 Å². The molecule has 0 radical (unpaired) electrons. The van der Waals surface area contributed by atoms with E-state index in [2.05, 4.69) is 28.5 Å². The fourth-order valence-corrected chi connectivity index (χ4v) is 3.22. The Labute approximate surface area is 181 Å². The van der Waals surface area contributed by atoms with E-state index in [1.165, 1.54) is 12.8 Å². The summed E-state index contributed by atoms with van der Waals surface area (Å²) in [6, 6.07) is 8.03. The molecule has 0 spiro atoms. The Bertz CT molecular complexity index is 549. The maximum absolute atomic E-state index is 5.41. The second-order valence-electron chi connectivity index (χ2n) is 6.67. The zero-order chi connectivity index (χ0) is 18.6. The fourth-order valence-electron chi connectivity index (χ4n) is 3.22. The number of benzene rings is 1. The van der Waals surface area contributed by atoms with Crippen LogP contribution in [0.25, 0.3) is 0 Å². The number of methoxy groups -OCH3 is 2. The maximum Gasteiger partial charge on any atom is 0.191 e. The normalized spacial score (nSPS) is 15.9. The van der Waals surface area contributed by atoms with Crippen molar-refractivity contribution in [3.8, 4) is 5.75 Å². The molecular weight excluding hydrogens is 455 g/mol. The lowest BCUT2D eigenvalue weighted by molar-refractivity contribution is 0.121. The summed E-state index contributed by atoms with van der Waals surface area (Å²) in [5.74, 6) is 2.46. The molecule has 1 saturated heterocycles. The Balaban J connectivity index is 0.00000364. The van der Waals surface area contributed by atoms with Gasteiger partial charge in [-0.05, 0) is 44.8 Å². The standard InChI is InChI=1S/C20H34N4O2.HI/c1-4-21-20(23-16-18-7-5-6-8-19(18)26-3)22-15-17-9-11-24(12-10-17)13-14-25-2;/h5-8,17H,4,9-16H2,1-3H3,(H2,21,22,23);1H. The van der Waals surface area contributed by atoms with Crippen molar-refractivity contribution in [1.29, 1.82) is 0 Å². The summed E-state index contributed by atoms with van der Waals surface area (Å²) in [5, 5.41) is 6.85. The van der Waals surface area contributed by atoms with Crippen LogP contribution < -0.4 is 15.4 Å². The first-order valence-corrected chi connectivity index (χ1v) is 9.62. The molecular formula is C20H35IN4O2. The molecule has 1 aliphatic heterocycles. The molecule has 0 aromatic heterocycles. The van der Waals surface area contributed by atoms with Crippen LogP contribution in [-0.2, 0) is 11.3 Å². The van der Waals surface area contributed by atoms with Crippen LogP contribution in [0, 0.1) is 5.92 Å². The predicted octanol–water partition coefficient (Wildman–Crippen LogP) is 2.73. The summed E-state index contributed by atoms with van der Waals surface area (Å²) >= 11 is 0. The Kier molecular flexibility index (Phi) is 12.4. The largest absolute Gasteiger partial charge is 0.496 e. The van der Waals surface area contributed by atoms with Gasteiger partial charge in [0.15, 0.2) is 5.96 Å². The molecule has 1 heterocycles. The third-order valence-corrected chi connectivity index (χ3v) is 4.82. The third-order valence-electron chi connectivity index (χ3n) is 4.82. The zero-order valence-electron chi connectivity index (χ0n) is 16.9. The quantitative estimate of drug-likeness (QED) is 0.317. The third kappa shape index (κ3) is 8.66. The van der Waals surface area contributed by atoms with Gasteiger partial charge >= 0.3 is 0 Å². The van der Waals surface area contributed by atoms with E-state index in [4.69, 9.17) is 14.5 Å². The highest BCUT2D eigenvalue weighted by Gasteiger charge is 2.19. The number of nitrogens with zero attached hydrogens (tertiary/aromatic N) is 2. The van der Waals surface area contributed by atoms with E-state index in [9.17, 15) is 0 Å². The second kappa shape index (κ2) is 14.0. The molecule has 6 nitrogen and oxygen atoms in total. The van der Waals surface area contributed by atoms with Gasteiger partial charge in [0, 0.05) is 32.3 Å². The number of para-hydroxylation sites is 1. The summed E-state index contributed by atoms with van der Waals surface area (Å²) in [6.07, 6.45) is 2.45. The molecule has 0 bridgehead atoms. The first-order chi connectivity index (χ1) is 12.8. The molecule has 2 rings (SSSR count). The zero-order valence-corrected chi connectivity index (χ0v) is 19.2. The van der Waals surface area contributed by atoms with Crippen molar-refractivity contribution < 1.29 is 9.47 Å². The SMILES string of the molecule is CCNC(=NCc1ccccc1OC)NCC1CCN(CCOC)CC1.I. The molecule has 1 aromatic carbocycles. The highest BCUT2D eigenvalue weighted by Crippen LogP contribution is 2.18. The topological polar surface area (TPSA) is 58.1 Å². The minimum atomic E-state index is 0. The molecule has 0 saturated carbocycles. The molecule has 154 valence electrons. The second-order valence-corrected chi connectivity index (χ2v) is 6.67. The van der Waals surface area contributed by atoms with Gasteiger partial charge in [0.25, 0.3) is 0 Å². The van der Waals surface area contributed by atoms with E-state index in [-0.39, 0.29) is 24.0 Å². The number of hydrogen-bond donors (Lipinski definition) is 2. The number of halogens is 1. The van der Waals surface area contributed by atoms with Gasteiger partial charge in [-0.25, -0.2) is 4.99 Å². The fraction of sp³-hybridized carbons (Fsp3) is 0.650. The van der Waals surface area contributed by atoms with E-state index < -0.39 is 0 Å². The van der Waals surface area contributed by atoms with Crippen LogP contribution in [0.4, 0.5) is 0 Å². The lowest BCUT2D eigenvalue weighted by atomic mass is 9.97. The van der Waals surface area contributed by atoms with Crippen LogP contribution >= 0.6 is 24.0 Å². The van der Waals surface area contributed by atoms with E-state index in [1.807, 2.05) is 18.2 Å². The van der Waals surface area contributed by atoms with Crippen molar-refractivity contribution in [1.82, 2.24) is 15.5 Å². The Morgan fingerprint density at radius 3 is 2.59 bits per heavy atom. The van der Waals surface area contributed by atoms with Crippen molar-refractivity contribution in [3.05, 3.63) is 29.8 Å². The number of aliphatic imine (C=N–C) groups is 1. The Morgan fingerprint density at radius 2 is 1.93 bits per heavy atom. The van der Waals surface area contributed by atoms with Gasteiger partial charge in [0.05, 0.1) is 20.3 Å². The van der Waals surface area contributed by atoms with E-state index in [0.717, 1.165) is 56.6 Å². The lowest BCUT2D eigenvalue weighted by Crippen LogP contribution is -2.43. The van der Waals surface area contributed by atoms with Gasteiger partial charge in [-0.3, -0.25) is 0 Å². The van der Waals surface area contributed by atoms with Crippen molar-refractivity contribution in [2.24, 2.45) is 10.9 Å². The smallest absolute Gasteiger partial charge is 0.191 e. The molecule has 1 aliphatic rings. The summed E-state index contributed by atoms with van der Waals surface area (Å²) in [4.78, 5) is 7.21. The monoisotopic (exact) mass is 490 g/mol. The highest BCUT2D eigenvalue weighted by molar-refractivity contribution is 14.0. The van der Waals surface area contributed by atoms with Gasteiger partial charge in [-0.15, -0.1) is 24.0 Å². The Morgan fingerprint density at radius 1 is 1.19 bits per heavy atom. The molecule has 0 amide bonds. The number of ether oxygens (including phenoxy) is 2. The minimum Gasteiger partial charge on any atom is -0.496 e. The lowest BCUT2D eigenvalue weighted by Gasteiger charge is -2.32. The molecule has 1 fully saturated rings. The predicted molar refractivity (Wildman–Crippen MR) is 122 cm³/mol.